The molecule has 0 aliphatic carbocycles. The maximum absolute atomic E-state index is 5.64. The Hall–Kier alpha value is -2.56. The van der Waals surface area contributed by atoms with Gasteiger partial charge in [0, 0.05) is 31.3 Å². The van der Waals surface area contributed by atoms with Crippen LogP contribution in [-0.4, -0.2) is 19.1 Å². The highest BCUT2D eigenvalue weighted by atomic mass is 16.5. The minimum absolute atomic E-state index is 0.473. The number of rotatable bonds is 5. The van der Waals surface area contributed by atoms with Crippen molar-refractivity contribution < 1.29 is 4.74 Å². The van der Waals surface area contributed by atoms with Crippen LogP contribution in [0.2, 0.25) is 0 Å². The lowest BCUT2D eigenvalue weighted by Gasteiger charge is -2.08. The predicted octanol–water partition coefficient (Wildman–Crippen LogP) is 2.16. The zero-order valence-corrected chi connectivity index (χ0v) is 10.4. The van der Waals surface area contributed by atoms with Gasteiger partial charge >= 0.3 is 0 Å². The van der Waals surface area contributed by atoms with Crippen LogP contribution in [0.3, 0.4) is 0 Å². The highest BCUT2D eigenvalue weighted by Crippen LogP contribution is 2.13. The summed E-state index contributed by atoms with van der Waals surface area (Å²) in [5.41, 5.74) is 1.22. The summed E-state index contributed by atoms with van der Waals surface area (Å²) in [6.45, 7) is 1.29. The molecule has 1 aromatic carbocycles. The molecule has 2 aromatic heterocycles. The van der Waals surface area contributed by atoms with Gasteiger partial charge in [0.15, 0.2) is 6.73 Å². The second-order valence-corrected chi connectivity index (χ2v) is 4.23. The molecule has 0 saturated carbocycles. The summed E-state index contributed by atoms with van der Waals surface area (Å²) >= 11 is 0. The van der Waals surface area contributed by atoms with E-state index in [1.54, 1.807) is 18.7 Å². The van der Waals surface area contributed by atoms with Crippen molar-refractivity contribution >= 4 is 0 Å². The zero-order valence-electron chi connectivity index (χ0n) is 10.4. The van der Waals surface area contributed by atoms with Gasteiger partial charge in [-0.05, 0) is 17.7 Å². The van der Waals surface area contributed by atoms with Crippen molar-refractivity contribution in [3.05, 3.63) is 67.3 Å². The highest BCUT2D eigenvalue weighted by Gasteiger charge is 1.97. The first kappa shape index (κ1) is 11.5. The lowest BCUT2D eigenvalue weighted by Crippen LogP contribution is -2.02. The van der Waals surface area contributed by atoms with E-state index in [1.807, 2.05) is 40.0 Å². The summed E-state index contributed by atoms with van der Waals surface area (Å²) in [6, 6.07) is 8.07. The molecule has 5 heteroatoms. The molecular weight excluding hydrogens is 240 g/mol. The Kier molecular flexibility index (Phi) is 3.27. The second kappa shape index (κ2) is 5.39. The van der Waals surface area contributed by atoms with Gasteiger partial charge in [0.05, 0.1) is 12.7 Å². The van der Waals surface area contributed by atoms with Crippen LogP contribution in [0, 0.1) is 0 Å². The lowest BCUT2D eigenvalue weighted by atomic mass is 10.2. The van der Waals surface area contributed by atoms with Crippen molar-refractivity contribution in [3.63, 3.8) is 0 Å². The Balaban J connectivity index is 1.59. The number of ether oxygens (including phenoxy) is 1. The molecule has 0 atom stereocenters. The van der Waals surface area contributed by atoms with Gasteiger partial charge < -0.3 is 13.9 Å². The van der Waals surface area contributed by atoms with Crippen LogP contribution in [0.15, 0.2) is 61.7 Å². The number of aromatic nitrogens is 4. The van der Waals surface area contributed by atoms with Crippen molar-refractivity contribution in [2.45, 2.75) is 13.3 Å². The molecule has 0 N–H and O–H groups in total. The lowest BCUT2D eigenvalue weighted by molar-refractivity contribution is 0.236. The van der Waals surface area contributed by atoms with Gasteiger partial charge in [-0.1, -0.05) is 12.1 Å². The third-order valence-electron chi connectivity index (χ3n) is 2.79. The number of imidazole rings is 2. The molecule has 0 bridgehead atoms. The van der Waals surface area contributed by atoms with E-state index in [-0.39, 0.29) is 0 Å². The molecule has 0 saturated heterocycles. The van der Waals surface area contributed by atoms with Crippen molar-refractivity contribution in [3.8, 4) is 5.75 Å². The number of nitrogens with zero attached hydrogens (tertiary/aromatic N) is 4. The Bertz CT molecular complexity index is 599. The van der Waals surface area contributed by atoms with E-state index in [4.69, 9.17) is 4.74 Å². The minimum Gasteiger partial charge on any atom is -0.473 e. The summed E-state index contributed by atoms with van der Waals surface area (Å²) in [6.07, 6.45) is 10.9. The summed E-state index contributed by atoms with van der Waals surface area (Å²) < 4.78 is 9.55. The molecule has 96 valence electrons. The largest absolute Gasteiger partial charge is 0.473 e. The van der Waals surface area contributed by atoms with Crippen LogP contribution in [0.4, 0.5) is 0 Å². The van der Waals surface area contributed by atoms with E-state index in [0.717, 1.165) is 12.3 Å². The fourth-order valence-electron chi connectivity index (χ4n) is 1.79. The van der Waals surface area contributed by atoms with E-state index in [1.165, 1.54) is 5.56 Å². The van der Waals surface area contributed by atoms with Crippen molar-refractivity contribution in [1.29, 1.82) is 0 Å². The van der Waals surface area contributed by atoms with Gasteiger partial charge in [-0.3, -0.25) is 0 Å². The van der Waals surface area contributed by atoms with Crippen LogP contribution in [0.25, 0.3) is 0 Å². The third-order valence-corrected chi connectivity index (χ3v) is 2.79. The van der Waals surface area contributed by atoms with Crippen LogP contribution >= 0.6 is 0 Å². The van der Waals surface area contributed by atoms with Gasteiger partial charge in [-0.15, -0.1) is 0 Å². The molecule has 0 aliphatic heterocycles. The fourth-order valence-corrected chi connectivity index (χ4v) is 1.79. The summed E-state index contributed by atoms with van der Waals surface area (Å²) in [7, 11) is 0. The van der Waals surface area contributed by atoms with Gasteiger partial charge in [0.2, 0.25) is 0 Å². The van der Waals surface area contributed by atoms with E-state index in [2.05, 4.69) is 22.1 Å². The summed E-state index contributed by atoms with van der Waals surface area (Å²) in [5, 5.41) is 0. The smallest absolute Gasteiger partial charge is 0.165 e. The normalized spacial score (nSPS) is 10.5. The molecule has 0 amide bonds. The highest BCUT2D eigenvalue weighted by molar-refractivity contribution is 5.27. The Labute approximate surface area is 111 Å². The average molecular weight is 254 g/mol. The SMILES string of the molecule is c1cn(COc2ccc(Cn3ccnc3)cc2)cn1. The van der Waals surface area contributed by atoms with E-state index < -0.39 is 0 Å². The Morgan fingerprint density at radius 2 is 1.58 bits per heavy atom. The molecule has 3 rings (SSSR count). The Morgan fingerprint density at radius 3 is 2.21 bits per heavy atom. The fraction of sp³-hybridized carbons (Fsp3) is 0.143. The molecule has 0 unspecified atom stereocenters. The topological polar surface area (TPSA) is 44.9 Å². The van der Waals surface area contributed by atoms with Crippen molar-refractivity contribution in [1.82, 2.24) is 19.1 Å². The average Bonchev–Trinajstić information content (AvgIpc) is 3.11. The molecule has 3 aromatic rings. The summed E-state index contributed by atoms with van der Waals surface area (Å²) in [4.78, 5) is 7.99. The number of hydrogen-bond donors (Lipinski definition) is 0. The van der Waals surface area contributed by atoms with Crippen LogP contribution in [-0.2, 0) is 13.3 Å². The standard InChI is InChI=1S/C14H14N4O/c1-3-14(19-12-18-8-6-16-11-18)4-2-13(1)9-17-7-5-15-10-17/h1-8,10-11H,9,12H2. The first-order valence-corrected chi connectivity index (χ1v) is 6.03. The molecular formula is C14H14N4O. The van der Waals surface area contributed by atoms with Gasteiger partial charge in [-0.2, -0.15) is 0 Å². The maximum Gasteiger partial charge on any atom is 0.165 e. The summed E-state index contributed by atoms with van der Waals surface area (Å²) in [5.74, 6) is 0.850. The van der Waals surface area contributed by atoms with E-state index in [0.29, 0.717) is 6.73 Å². The van der Waals surface area contributed by atoms with Gasteiger partial charge in [0.25, 0.3) is 0 Å². The minimum atomic E-state index is 0.473. The van der Waals surface area contributed by atoms with Crippen LogP contribution in [0.1, 0.15) is 5.56 Å². The quantitative estimate of drug-likeness (QED) is 0.701. The van der Waals surface area contributed by atoms with Gasteiger partial charge in [-0.25, -0.2) is 9.97 Å². The molecule has 0 aliphatic rings. The molecule has 5 nitrogen and oxygen atoms in total. The number of hydrogen-bond acceptors (Lipinski definition) is 3. The maximum atomic E-state index is 5.64. The van der Waals surface area contributed by atoms with Crippen molar-refractivity contribution in [2.75, 3.05) is 0 Å². The molecule has 19 heavy (non-hydrogen) atoms. The van der Waals surface area contributed by atoms with E-state index >= 15 is 0 Å². The molecule has 0 fully saturated rings. The first-order chi connectivity index (χ1) is 9.40. The van der Waals surface area contributed by atoms with Gasteiger partial charge in [0.1, 0.15) is 5.75 Å². The van der Waals surface area contributed by atoms with Crippen LogP contribution in [0.5, 0.6) is 5.75 Å². The molecule has 0 spiro atoms. The third kappa shape index (κ3) is 3.01. The zero-order chi connectivity index (χ0) is 12.9. The Morgan fingerprint density at radius 1 is 0.895 bits per heavy atom. The monoisotopic (exact) mass is 254 g/mol. The number of benzene rings is 1. The van der Waals surface area contributed by atoms with Crippen molar-refractivity contribution in [2.24, 2.45) is 0 Å². The molecule has 2 heterocycles. The molecule has 0 radical (unpaired) electrons. The first-order valence-electron chi connectivity index (χ1n) is 6.03. The predicted molar refractivity (Wildman–Crippen MR) is 70.6 cm³/mol. The second-order valence-electron chi connectivity index (χ2n) is 4.23. The van der Waals surface area contributed by atoms with Crippen LogP contribution < -0.4 is 4.74 Å². The van der Waals surface area contributed by atoms with E-state index in [9.17, 15) is 0 Å².